The molecule has 2 saturated heterocycles. The highest BCUT2D eigenvalue weighted by molar-refractivity contribution is 5.83. The van der Waals surface area contributed by atoms with E-state index in [1.54, 1.807) is 0 Å². The fraction of sp³-hybridized carbons (Fsp3) is 0.633. The van der Waals surface area contributed by atoms with Crippen molar-refractivity contribution in [1.29, 1.82) is 0 Å². The summed E-state index contributed by atoms with van der Waals surface area (Å²) in [4.78, 5) is 56.5. The van der Waals surface area contributed by atoms with E-state index in [4.69, 9.17) is 45.6 Å². The fourth-order valence-electron chi connectivity index (χ4n) is 5.18. The lowest BCUT2D eigenvalue weighted by molar-refractivity contribution is -0.178. The van der Waals surface area contributed by atoms with Crippen molar-refractivity contribution in [3.8, 4) is 0 Å². The summed E-state index contributed by atoms with van der Waals surface area (Å²) in [7, 11) is 0. The fourth-order valence-corrected chi connectivity index (χ4v) is 5.18. The summed E-state index contributed by atoms with van der Waals surface area (Å²) in [6, 6.07) is 10.8. The molecule has 1 aromatic rings. The maximum Gasteiger partial charge on any atom is 0.335 e. The Labute approximate surface area is 266 Å². The van der Waals surface area contributed by atoms with Crippen LogP contribution in [0.1, 0.15) is 52.0 Å². The maximum absolute atomic E-state index is 12.2. The average Bonchev–Trinajstić information content (AvgIpc) is 3.55. The predicted octanol–water partition coefficient (Wildman–Crippen LogP) is -0.584. The molecule has 7 atom stereocenters. The zero-order chi connectivity index (χ0) is 35.2. The van der Waals surface area contributed by atoms with Gasteiger partial charge in [0.05, 0.1) is 0 Å². The number of benzene rings is 1. The van der Waals surface area contributed by atoms with Crippen molar-refractivity contribution in [2.45, 2.75) is 82.5 Å². The number of hydrogen-bond acceptors (Lipinski definition) is 12. The number of hydrogen-bond donors (Lipinski definition) is 8. The van der Waals surface area contributed by atoms with Crippen LogP contribution in [0.5, 0.6) is 0 Å². The molecule has 16 nitrogen and oxygen atoms in total. The van der Waals surface area contributed by atoms with Gasteiger partial charge in [-0.05, 0) is 38.4 Å². The molecule has 2 aliphatic rings. The number of aliphatic hydroxyl groups is 4. The van der Waals surface area contributed by atoms with Crippen LogP contribution >= 0.6 is 0 Å². The molecule has 0 spiro atoms. The predicted molar refractivity (Wildman–Crippen MR) is 160 cm³/mol. The molecule has 0 bridgehead atoms. The third kappa shape index (κ3) is 11.9. The Kier molecular flexibility index (Phi) is 16.8. The molecule has 46 heavy (non-hydrogen) atoms. The number of ether oxygens (including phenoxy) is 1. The van der Waals surface area contributed by atoms with Gasteiger partial charge in [0.1, 0.15) is 5.60 Å². The quantitative estimate of drug-likeness (QED) is 0.131. The number of carbonyl (C=O) groups is 5. The summed E-state index contributed by atoms with van der Waals surface area (Å²) in [5.41, 5.74) is 0.637. The molecule has 3 rings (SSSR count). The molecule has 2 fully saturated rings. The van der Waals surface area contributed by atoms with Gasteiger partial charge < -0.3 is 50.5 Å². The summed E-state index contributed by atoms with van der Waals surface area (Å²) in [6.45, 7) is 12.1. The van der Waals surface area contributed by atoms with Crippen molar-refractivity contribution in [2.24, 2.45) is 5.92 Å². The lowest BCUT2D eigenvalue weighted by Gasteiger charge is -2.49. The second-order valence-electron chi connectivity index (χ2n) is 11.2. The van der Waals surface area contributed by atoms with Crippen molar-refractivity contribution in [3.63, 3.8) is 0 Å². The van der Waals surface area contributed by atoms with Gasteiger partial charge in [0.25, 0.3) is 0 Å². The van der Waals surface area contributed by atoms with E-state index in [0.717, 1.165) is 31.6 Å². The van der Waals surface area contributed by atoms with Gasteiger partial charge in [-0.25, -0.2) is 19.2 Å². The monoisotopic (exact) mass is 658 g/mol. The topological polar surface area (TPSA) is 263 Å². The number of aliphatic hydroxyl groups excluding tert-OH is 4. The smallest absolute Gasteiger partial charge is 0.335 e. The highest BCUT2D eigenvalue weighted by Gasteiger charge is 2.47. The molecule has 0 amide bonds. The number of rotatable bonds is 12. The first-order valence-electron chi connectivity index (χ1n) is 14.9. The summed E-state index contributed by atoms with van der Waals surface area (Å²) in [5.74, 6) is -6.90. The molecule has 0 radical (unpaired) electrons. The first kappa shape index (κ1) is 40.4. The van der Waals surface area contributed by atoms with Crippen LogP contribution in [0.2, 0.25) is 0 Å². The molecular weight excluding hydrogens is 612 g/mol. The van der Waals surface area contributed by atoms with Gasteiger partial charge in [-0.3, -0.25) is 9.69 Å². The lowest BCUT2D eigenvalue weighted by atomic mass is 9.74. The first-order chi connectivity index (χ1) is 21.5. The number of esters is 1. The van der Waals surface area contributed by atoms with Crippen molar-refractivity contribution in [2.75, 3.05) is 32.7 Å². The van der Waals surface area contributed by atoms with Gasteiger partial charge in [0.15, 0.2) is 24.4 Å². The summed E-state index contributed by atoms with van der Waals surface area (Å²) < 4.78 is 6.15. The second kappa shape index (κ2) is 19.1. The molecule has 0 aromatic heterocycles. The minimum Gasteiger partial charge on any atom is -0.479 e. The van der Waals surface area contributed by atoms with E-state index in [9.17, 15) is 24.0 Å². The van der Waals surface area contributed by atoms with Crippen LogP contribution in [0.25, 0.3) is 0 Å². The van der Waals surface area contributed by atoms with Crippen molar-refractivity contribution < 1.29 is 69.6 Å². The standard InChI is InChI=1S/C22H34N2O2.2C4H6O6/c1-4-21(25)26-22(20-10-6-5-7-11-20)16-19(3)24(17-18(22)2)15-14-23-12-8-9-13-23;2*5-1(3(7)8)2(6)4(9)10/h5-7,10-11,18-19H,4,8-9,12-17H2,1-3H3;2*1-2,5-6H,(H,7,8)(H,9,10)/t;2*1-,2-/m.00/s1. The summed E-state index contributed by atoms with van der Waals surface area (Å²) >= 11 is 0. The van der Waals surface area contributed by atoms with Gasteiger partial charge in [0.2, 0.25) is 0 Å². The minimum absolute atomic E-state index is 0.0987. The Balaban J connectivity index is 0.000000437. The van der Waals surface area contributed by atoms with E-state index in [1.165, 1.54) is 25.9 Å². The third-order valence-corrected chi connectivity index (χ3v) is 7.89. The summed E-state index contributed by atoms with van der Waals surface area (Å²) in [6.07, 6.45) is -5.09. The van der Waals surface area contributed by atoms with Crippen LogP contribution in [0.4, 0.5) is 0 Å². The zero-order valence-corrected chi connectivity index (χ0v) is 26.1. The number of nitrogens with zero attached hydrogens (tertiary/aromatic N) is 2. The van der Waals surface area contributed by atoms with E-state index in [2.05, 4.69) is 35.8 Å². The summed E-state index contributed by atoms with van der Waals surface area (Å²) in [5, 5.41) is 65.1. The molecule has 3 unspecified atom stereocenters. The van der Waals surface area contributed by atoms with Gasteiger partial charge in [-0.1, -0.05) is 44.2 Å². The molecule has 0 saturated carbocycles. The first-order valence-corrected chi connectivity index (χ1v) is 14.9. The number of carboxylic acids is 4. The lowest BCUT2D eigenvalue weighted by Crippen LogP contribution is -2.56. The number of carboxylic acid groups (broad SMARTS) is 4. The Hall–Kier alpha value is -3.67. The Bertz CT molecular complexity index is 1070. The second-order valence-corrected chi connectivity index (χ2v) is 11.2. The zero-order valence-electron chi connectivity index (χ0n) is 26.1. The van der Waals surface area contributed by atoms with E-state index < -0.39 is 53.9 Å². The number of carbonyl (C=O) groups excluding carboxylic acids is 1. The highest BCUT2D eigenvalue weighted by atomic mass is 16.6. The number of aliphatic carboxylic acids is 4. The Morgan fingerprint density at radius 3 is 1.61 bits per heavy atom. The van der Waals surface area contributed by atoms with Crippen molar-refractivity contribution in [1.82, 2.24) is 9.80 Å². The number of likely N-dealkylation sites (tertiary alicyclic amines) is 2. The van der Waals surface area contributed by atoms with Crippen LogP contribution in [-0.2, 0) is 34.3 Å². The molecular formula is C30H46N2O14. The molecule has 0 aliphatic carbocycles. The molecule has 2 aliphatic heterocycles. The van der Waals surface area contributed by atoms with E-state index >= 15 is 0 Å². The van der Waals surface area contributed by atoms with Crippen LogP contribution < -0.4 is 0 Å². The van der Waals surface area contributed by atoms with Crippen LogP contribution in [0.15, 0.2) is 30.3 Å². The van der Waals surface area contributed by atoms with Crippen LogP contribution in [0.3, 0.4) is 0 Å². The van der Waals surface area contributed by atoms with Gasteiger partial charge in [0, 0.05) is 44.4 Å². The molecule has 16 heteroatoms. The maximum atomic E-state index is 12.2. The Morgan fingerprint density at radius 2 is 1.22 bits per heavy atom. The van der Waals surface area contributed by atoms with Gasteiger partial charge in [-0.2, -0.15) is 0 Å². The molecule has 8 N–H and O–H groups in total. The molecule has 1 aromatic carbocycles. The number of piperidine rings is 1. The van der Waals surface area contributed by atoms with Crippen LogP contribution in [-0.4, -0.2) is 144 Å². The normalized spacial score (nSPS) is 24.1. The average molecular weight is 659 g/mol. The van der Waals surface area contributed by atoms with Gasteiger partial charge >= 0.3 is 29.8 Å². The highest BCUT2D eigenvalue weighted by Crippen LogP contribution is 2.43. The van der Waals surface area contributed by atoms with E-state index in [-0.39, 0.29) is 11.9 Å². The SMILES string of the molecule is CCC(=O)OC1(c2ccccc2)CC(C)N(CCN2CCCC2)CC1C.O=C(O)[C@@H](O)[C@H](O)C(=O)O.O=C(O)[C@@H](O)[C@H](O)C(=O)O. The van der Waals surface area contributed by atoms with Gasteiger partial charge in [-0.15, -0.1) is 0 Å². The minimum atomic E-state index is -2.27. The van der Waals surface area contributed by atoms with Crippen LogP contribution in [0, 0.1) is 5.92 Å². The van der Waals surface area contributed by atoms with E-state index in [1.807, 2.05) is 25.1 Å². The molecule has 260 valence electrons. The van der Waals surface area contributed by atoms with Crippen molar-refractivity contribution in [3.05, 3.63) is 35.9 Å². The molecule has 2 heterocycles. The van der Waals surface area contributed by atoms with Crippen molar-refractivity contribution >= 4 is 29.8 Å². The largest absolute Gasteiger partial charge is 0.479 e. The third-order valence-electron chi connectivity index (χ3n) is 7.89. The van der Waals surface area contributed by atoms with E-state index in [0.29, 0.717) is 12.5 Å². The Morgan fingerprint density at radius 1 is 0.783 bits per heavy atom.